The molecule has 0 aliphatic carbocycles. The summed E-state index contributed by atoms with van der Waals surface area (Å²) in [6.45, 7) is 4.00. The lowest BCUT2D eigenvalue weighted by Gasteiger charge is -2.34. The van der Waals surface area contributed by atoms with Gasteiger partial charge in [0, 0.05) is 58.8 Å². The van der Waals surface area contributed by atoms with Gasteiger partial charge >= 0.3 is 6.01 Å². The van der Waals surface area contributed by atoms with E-state index < -0.39 is 11.6 Å². The number of piperazine rings is 1. The molecule has 4 fully saturated rings. The van der Waals surface area contributed by atoms with Crippen LogP contribution in [0, 0.1) is 11.6 Å². The van der Waals surface area contributed by atoms with E-state index in [1.807, 2.05) is 0 Å². The molecule has 4 aromatic rings. The highest BCUT2D eigenvalue weighted by Crippen LogP contribution is 2.41. The average molecular weight is 559 g/mol. The van der Waals surface area contributed by atoms with E-state index in [0.717, 1.165) is 51.6 Å². The van der Waals surface area contributed by atoms with Crippen LogP contribution in [-0.4, -0.2) is 76.5 Å². The van der Waals surface area contributed by atoms with Crippen molar-refractivity contribution in [3.63, 3.8) is 0 Å². The van der Waals surface area contributed by atoms with Gasteiger partial charge in [0.2, 0.25) is 0 Å². The third-order valence-electron chi connectivity index (χ3n) is 9.77. The first-order valence-electron chi connectivity index (χ1n) is 14.7. The fraction of sp³-hybridized carbons (Fsp3) is 0.452. The molecule has 4 aliphatic heterocycles. The van der Waals surface area contributed by atoms with Crippen LogP contribution in [-0.2, 0) is 0 Å². The molecule has 8 nitrogen and oxygen atoms in total. The maximum absolute atomic E-state index is 16.6. The summed E-state index contributed by atoms with van der Waals surface area (Å²) in [5.41, 5.74) is 1.06. The smallest absolute Gasteiger partial charge is 0.319 e. The quantitative estimate of drug-likeness (QED) is 0.328. The molecule has 2 bridgehead atoms. The number of benzene rings is 2. The fourth-order valence-electron chi connectivity index (χ4n) is 7.85. The molecule has 0 radical (unpaired) electrons. The Kier molecular flexibility index (Phi) is 5.79. The summed E-state index contributed by atoms with van der Waals surface area (Å²) in [7, 11) is 0. The maximum atomic E-state index is 16.6. The van der Waals surface area contributed by atoms with Gasteiger partial charge in [-0.15, -0.1) is 0 Å². The summed E-state index contributed by atoms with van der Waals surface area (Å²) in [5.74, 6) is -0.998. The molecule has 2 aromatic carbocycles. The number of carbonyl (C=O) groups excluding carboxylic acids is 1. The van der Waals surface area contributed by atoms with Crippen LogP contribution in [0.1, 0.15) is 48.9 Å². The fourth-order valence-corrected chi connectivity index (χ4v) is 7.85. The summed E-state index contributed by atoms with van der Waals surface area (Å²) in [4.78, 5) is 28.9. The summed E-state index contributed by atoms with van der Waals surface area (Å²) >= 11 is 0. The van der Waals surface area contributed by atoms with Gasteiger partial charge in [0.25, 0.3) is 0 Å². The van der Waals surface area contributed by atoms with Crippen LogP contribution < -0.4 is 15.0 Å². The number of nitrogens with one attached hydrogen (secondary N) is 2. The van der Waals surface area contributed by atoms with Crippen LogP contribution in [0.15, 0.2) is 30.5 Å². The lowest BCUT2D eigenvalue weighted by Crippen LogP contribution is -2.51. The van der Waals surface area contributed by atoms with E-state index in [1.54, 1.807) is 24.4 Å². The number of nitrogens with zero attached hydrogens (tertiary/aromatic N) is 4. The number of ether oxygens (including phenoxy) is 1. The van der Waals surface area contributed by atoms with Gasteiger partial charge in [-0.25, -0.2) is 8.78 Å². The number of aldehydes is 1. The molecular formula is C31H32F2N6O2. The molecule has 2 N–H and O–H groups in total. The molecular weight excluding hydrogens is 526 g/mol. The van der Waals surface area contributed by atoms with Crippen molar-refractivity contribution in [1.82, 2.24) is 25.2 Å². The number of hydrogen-bond donors (Lipinski definition) is 2. The summed E-state index contributed by atoms with van der Waals surface area (Å²) in [6, 6.07) is 7.25. The molecule has 6 heterocycles. The molecule has 41 heavy (non-hydrogen) atoms. The van der Waals surface area contributed by atoms with E-state index in [-0.39, 0.29) is 28.2 Å². The summed E-state index contributed by atoms with van der Waals surface area (Å²) in [5, 5.41) is 4.42. The Balaban J connectivity index is 1.27. The number of carbonyl (C=O) groups is 1. The van der Waals surface area contributed by atoms with Gasteiger partial charge in [-0.3, -0.25) is 9.69 Å². The van der Waals surface area contributed by atoms with Gasteiger partial charge in [-0.1, -0.05) is 12.1 Å². The van der Waals surface area contributed by atoms with Crippen molar-refractivity contribution in [3.8, 4) is 17.1 Å². The molecule has 2 aromatic heterocycles. The molecule has 4 aliphatic rings. The Hall–Kier alpha value is -3.63. The van der Waals surface area contributed by atoms with Crippen molar-refractivity contribution in [3.05, 3.63) is 47.7 Å². The summed E-state index contributed by atoms with van der Waals surface area (Å²) in [6.07, 6.45) is 8.80. The largest absolute Gasteiger partial charge is 0.461 e. The number of fused-ring (bicyclic) bond motifs is 5. The lowest BCUT2D eigenvalue weighted by molar-refractivity contribution is 0.108. The number of halogens is 2. The van der Waals surface area contributed by atoms with Gasteiger partial charge in [0.1, 0.15) is 23.8 Å². The second-order valence-corrected chi connectivity index (χ2v) is 12.1. The minimum atomic E-state index is -0.783. The second kappa shape index (κ2) is 9.46. The molecule has 4 saturated heterocycles. The number of rotatable bonds is 6. The topological polar surface area (TPSA) is 86.4 Å². The Morgan fingerprint density at radius 2 is 1.88 bits per heavy atom. The molecule has 0 saturated carbocycles. The first kappa shape index (κ1) is 25.1. The zero-order valence-electron chi connectivity index (χ0n) is 22.8. The number of H-pyrrole nitrogens is 1. The van der Waals surface area contributed by atoms with Gasteiger partial charge in [0.05, 0.1) is 11.1 Å². The molecule has 10 heteroatoms. The van der Waals surface area contributed by atoms with Crippen LogP contribution in [0.5, 0.6) is 6.01 Å². The zero-order chi connectivity index (χ0) is 27.7. The minimum Gasteiger partial charge on any atom is -0.461 e. The highest BCUT2D eigenvalue weighted by atomic mass is 19.1. The van der Waals surface area contributed by atoms with Crippen LogP contribution >= 0.6 is 0 Å². The van der Waals surface area contributed by atoms with Crippen LogP contribution in [0.25, 0.3) is 32.9 Å². The highest BCUT2D eigenvalue weighted by Gasteiger charge is 2.45. The average Bonchev–Trinajstić information content (AvgIpc) is 3.75. The Morgan fingerprint density at radius 3 is 2.63 bits per heavy atom. The first-order chi connectivity index (χ1) is 20.0. The normalized spacial score (nSPS) is 23.5. The zero-order valence-corrected chi connectivity index (χ0v) is 22.8. The number of hydrogen-bond acceptors (Lipinski definition) is 7. The van der Waals surface area contributed by atoms with Gasteiger partial charge in [0.15, 0.2) is 12.1 Å². The predicted molar refractivity (Wildman–Crippen MR) is 153 cm³/mol. The van der Waals surface area contributed by atoms with Crippen molar-refractivity contribution < 1.29 is 18.3 Å². The summed E-state index contributed by atoms with van der Waals surface area (Å²) < 4.78 is 38.8. The second-order valence-electron chi connectivity index (χ2n) is 12.1. The van der Waals surface area contributed by atoms with Gasteiger partial charge in [-0.2, -0.15) is 9.97 Å². The van der Waals surface area contributed by atoms with Crippen molar-refractivity contribution in [1.29, 1.82) is 0 Å². The number of aromatic amines is 1. The van der Waals surface area contributed by atoms with Gasteiger partial charge < -0.3 is 19.9 Å². The van der Waals surface area contributed by atoms with Crippen LogP contribution in [0.4, 0.5) is 14.6 Å². The molecule has 2 atom stereocenters. The van der Waals surface area contributed by atoms with Crippen molar-refractivity contribution in [2.45, 2.75) is 56.1 Å². The molecule has 8 rings (SSSR count). The van der Waals surface area contributed by atoms with E-state index in [2.05, 4.69) is 25.1 Å². The molecule has 212 valence electrons. The highest BCUT2D eigenvalue weighted by molar-refractivity contribution is 6.07. The SMILES string of the molecule is O=Cc1cccc2[nH]cc(-c3c(F)cc4c(N5C[C@H]6CC[C@@H](C5)N6)nc(OCC56CCCN5CCC6)nc4c3F)c12. The minimum absolute atomic E-state index is 0.0194. The van der Waals surface area contributed by atoms with E-state index in [4.69, 9.17) is 9.72 Å². The number of anilines is 1. The Morgan fingerprint density at radius 1 is 1.10 bits per heavy atom. The Labute approximate surface area is 236 Å². The standard InChI is InChI=1S/C31H32F2N6O2/c32-23-12-21-28(27(33)26(23)22-13-34-24-5-1-4-18(16-40)25(22)24)36-30(41-17-31-8-2-10-39(31)11-3-9-31)37-29(21)38-14-19-6-7-20(15-38)35-19/h1,4-5,12-13,16,19-20,34-35H,2-3,6-11,14-15,17H2/t19-,20+. The lowest BCUT2D eigenvalue weighted by atomic mass is 9.95. The Bertz CT molecular complexity index is 1670. The first-order valence-corrected chi connectivity index (χ1v) is 14.7. The third-order valence-corrected chi connectivity index (χ3v) is 9.77. The molecule has 0 unspecified atom stereocenters. The molecule has 0 spiro atoms. The number of aromatic nitrogens is 3. The van der Waals surface area contributed by atoms with E-state index >= 15 is 8.78 Å². The molecule has 0 amide bonds. The monoisotopic (exact) mass is 558 g/mol. The maximum Gasteiger partial charge on any atom is 0.319 e. The van der Waals surface area contributed by atoms with Crippen LogP contribution in [0.3, 0.4) is 0 Å². The van der Waals surface area contributed by atoms with E-state index in [1.165, 1.54) is 6.07 Å². The van der Waals surface area contributed by atoms with Gasteiger partial charge in [-0.05, 0) is 63.7 Å². The predicted octanol–water partition coefficient (Wildman–Crippen LogP) is 4.82. The van der Waals surface area contributed by atoms with Crippen molar-refractivity contribution in [2.75, 3.05) is 37.7 Å². The van der Waals surface area contributed by atoms with Crippen molar-refractivity contribution >= 4 is 33.9 Å². The van der Waals surface area contributed by atoms with E-state index in [9.17, 15) is 4.79 Å². The van der Waals surface area contributed by atoms with Crippen molar-refractivity contribution in [2.24, 2.45) is 0 Å². The van der Waals surface area contributed by atoms with Crippen LogP contribution in [0.2, 0.25) is 0 Å². The third kappa shape index (κ3) is 3.94. The van der Waals surface area contributed by atoms with E-state index in [0.29, 0.717) is 65.7 Å².